The molecule has 0 N–H and O–H groups in total. The molecular formula is C25H17Cl2N3O6S. The van der Waals surface area contributed by atoms with Gasteiger partial charge in [-0.25, -0.2) is 13.2 Å². The van der Waals surface area contributed by atoms with E-state index in [4.69, 9.17) is 23.2 Å². The second-order valence-electron chi connectivity index (χ2n) is 8.35. The van der Waals surface area contributed by atoms with Crippen molar-refractivity contribution in [2.24, 2.45) is 0 Å². The number of amides is 2. The Morgan fingerprint density at radius 2 is 1.35 bits per heavy atom. The van der Waals surface area contributed by atoms with E-state index in [1.165, 1.54) is 42.5 Å². The van der Waals surface area contributed by atoms with Gasteiger partial charge in [-0.15, -0.1) is 3.97 Å². The van der Waals surface area contributed by atoms with Crippen LogP contribution in [0.5, 0.6) is 0 Å². The summed E-state index contributed by atoms with van der Waals surface area (Å²) in [5, 5.41) is 0.517. The molecule has 188 valence electrons. The third-order valence-corrected chi connectivity index (χ3v) is 8.17. The molecule has 0 saturated carbocycles. The molecule has 9 nitrogen and oxygen atoms in total. The molecule has 2 heterocycles. The van der Waals surface area contributed by atoms with Gasteiger partial charge in [-0.05, 0) is 60.2 Å². The highest BCUT2D eigenvalue weighted by molar-refractivity contribution is 7.90. The Balaban J connectivity index is 1.66. The molecule has 1 aromatic heterocycles. The number of aromatic nitrogens is 2. The summed E-state index contributed by atoms with van der Waals surface area (Å²) in [6.45, 7) is -0.117. The Bertz CT molecular complexity index is 1800. The average molecular weight is 558 g/mol. The normalized spacial score (nSPS) is 14.1. The van der Waals surface area contributed by atoms with Gasteiger partial charge in [-0.2, -0.15) is 0 Å². The summed E-state index contributed by atoms with van der Waals surface area (Å²) in [6.07, 6.45) is 0.290. The lowest BCUT2D eigenvalue weighted by atomic mass is 10.1. The zero-order valence-electron chi connectivity index (χ0n) is 18.9. The Kier molecular flexibility index (Phi) is 6.26. The average Bonchev–Trinajstić information content (AvgIpc) is 3.20. The summed E-state index contributed by atoms with van der Waals surface area (Å²) in [7, 11) is -4.57. The van der Waals surface area contributed by atoms with Crippen LogP contribution in [0.25, 0.3) is 10.9 Å². The predicted octanol–water partition coefficient (Wildman–Crippen LogP) is 3.41. The van der Waals surface area contributed by atoms with Crippen molar-refractivity contribution in [1.82, 2.24) is 8.54 Å². The number of anilines is 1. The molecule has 12 heteroatoms. The summed E-state index contributed by atoms with van der Waals surface area (Å²) >= 11 is 12.0. The predicted molar refractivity (Wildman–Crippen MR) is 139 cm³/mol. The standard InChI is InChI=1S/C25H17Cl2N3O6S/c26-16-3-8-19(9-4-16)37(35,36)30-24(33)20-10-5-17(27)13-21(20)28(25(30)34)14-15-1-6-18(7-2-15)29-22(31)11-12-23(29)32/h1-10,13H,11-12,14H2. The number of rotatable bonds is 5. The topological polar surface area (TPSA) is 116 Å². The van der Waals surface area contributed by atoms with Crippen molar-refractivity contribution in [2.75, 3.05) is 4.90 Å². The smallest absolute Gasteiger partial charge is 0.288 e. The number of hydrogen-bond donors (Lipinski definition) is 0. The molecule has 0 atom stereocenters. The number of hydrogen-bond acceptors (Lipinski definition) is 6. The number of benzene rings is 3. The van der Waals surface area contributed by atoms with Crippen molar-refractivity contribution < 1.29 is 18.0 Å². The summed E-state index contributed by atoms with van der Waals surface area (Å²) in [5.41, 5.74) is -0.987. The number of nitrogens with zero attached hydrogens (tertiary/aromatic N) is 3. The van der Waals surface area contributed by atoms with E-state index in [0.29, 0.717) is 11.3 Å². The quantitative estimate of drug-likeness (QED) is 0.347. The van der Waals surface area contributed by atoms with Gasteiger partial charge >= 0.3 is 5.69 Å². The molecule has 2 amide bonds. The van der Waals surface area contributed by atoms with Crippen LogP contribution in [0, 0.1) is 0 Å². The lowest BCUT2D eigenvalue weighted by Crippen LogP contribution is -2.44. The second-order valence-corrected chi connectivity index (χ2v) is 11.0. The van der Waals surface area contributed by atoms with Crippen molar-refractivity contribution >= 4 is 61.6 Å². The first-order valence-corrected chi connectivity index (χ1v) is 13.2. The molecular weight excluding hydrogens is 541 g/mol. The van der Waals surface area contributed by atoms with Gasteiger partial charge in [-0.3, -0.25) is 23.9 Å². The van der Waals surface area contributed by atoms with Gasteiger partial charge in [0.25, 0.3) is 15.6 Å². The summed E-state index contributed by atoms with van der Waals surface area (Å²) < 4.78 is 28.1. The zero-order chi connectivity index (χ0) is 26.5. The molecule has 37 heavy (non-hydrogen) atoms. The van der Waals surface area contributed by atoms with Gasteiger partial charge in [-0.1, -0.05) is 35.3 Å². The van der Waals surface area contributed by atoms with E-state index in [1.807, 2.05) is 0 Å². The Hall–Kier alpha value is -3.73. The van der Waals surface area contributed by atoms with E-state index in [0.717, 1.165) is 9.47 Å². The molecule has 5 rings (SSSR count). The third kappa shape index (κ3) is 4.37. The Morgan fingerprint density at radius 1 is 0.757 bits per heavy atom. The molecule has 0 aliphatic carbocycles. The van der Waals surface area contributed by atoms with E-state index < -0.39 is 21.3 Å². The van der Waals surface area contributed by atoms with Crippen molar-refractivity contribution in [3.63, 3.8) is 0 Å². The molecule has 3 aromatic carbocycles. The van der Waals surface area contributed by atoms with Gasteiger partial charge < -0.3 is 0 Å². The number of carbonyl (C=O) groups excluding carboxylic acids is 2. The molecule has 4 aromatic rings. The van der Waals surface area contributed by atoms with Gasteiger partial charge in [0.1, 0.15) is 0 Å². The van der Waals surface area contributed by atoms with Crippen molar-refractivity contribution in [1.29, 1.82) is 0 Å². The Labute approximate surface area is 220 Å². The highest BCUT2D eigenvalue weighted by atomic mass is 35.5. The van der Waals surface area contributed by atoms with Crippen LogP contribution in [0.1, 0.15) is 18.4 Å². The van der Waals surface area contributed by atoms with E-state index >= 15 is 0 Å². The number of imide groups is 1. The molecule has 0 unspecified atom stereocenters. The Morgan fingerprint density at radius 3 is 1.97 bits per heavy atom. The highest BCUT2D eigenvalue weighted by Crippen LogP contribution is 2.24. The fourth-order valence-electron chi connectivity index (χ4n) is 4.19. The van der Waals surface area contributed by atoms with Crippen LogP contribution >= 0.6 is 23.2 Å². The molecule has 1 fully saturated rings. The fraction of sp³-hybridized carbons (Fsp3) is 0.120. The van der Waals surface area contributed by atoms with E-state index in [1.54, 1.807) is 24.3 Å². The number of fused-ring (bicyclic) bond motifs is 1. The lowest BCUT2D eigenvalue weighted by molar-refractivity contribution is -0.121. The van der Waals surface area contributed by atoms with Crippen LogP contribution in [0.2, 0.25) is 10.0 Å². The van der Waals surface area contributed by atoms with Crippen LogP contribution < -0.4 is 16.1 Å². The maximum atomic E-state index is 13.5. The molecule has 0 spiro atoms. The minimum absolute atomic E-state index is 0.0218. The summed E-state index contributed by atoms with van der Waals surface area (Å²) in [4.78, 5) is 51.7. The maximum Gasteiger partial charge on any atom is 0.346 e. The highest BCUT2D eigenvalue weighted by Gasteiger charge is 2.30. The third-order valence-electron chi connectivity index (χ3n) is 6.01. The van der Waals surface area contributed by atoms with Crippen LogP contribution in [0.3, 0.4) is 0 Å². The maximum absolute atomic E-state index is 13.5. The minimum atomic E-state index is -4.57. The van der Waals surface area contributed by atoms with Crippen molar-refractivity contribution in [3.05, 3.63) is 103 Å². The minimum Gasteiger partial charge on any atom is -0.288 e. The molecule has 0 radical (unpaired) electrons. The number of carbonyl (C=O) groups is 2. The summed E-state index contributed by atoms with van der Waals surface area (Å²) in [5.74, 6) is -0.594. The SMILES string of the molecule is O=C1CCC(=O)N1c1ccc(Cn2c(=O)n(S(=O)(=O)c3ccc(Cl)cc3)c(=O)c3ccc(Cl)cc32)cc1. The largest absolute Gasteiger partial charge is 0.346 e. The molecule has 1 aliphatic rings. The summed E-state index contributed by atoms with van der Waals surface area (Å²) in [6, 6.07) is 15.7. The van der Waals surface area contributed by atoms with Crippen molar-refractivity contribution in [2.45, 2.75) is 24.3 Å². The first-order valence-electron chi connectivity index (χ1n) is 11.0. The van der Waals surface area contributed by atoms with E-state index in [2.05, 4.69) is 0 Å². The zero-order valence-corrected chi connectivity index (χ0v) is 21.3. The van der Waals surface area contributed by atoms with Gasteiger partial charge in [0, 0.05) is 22.9 Å². The lowest BCUT2D eigenvalue weighted by Gasteiger charge is -2.16. The second kappa shape index (κ2) is 9.29. The van der Waals surface area contributed by atoms with Gasteiger partial charge in [0.05, 0.1) is 28.0 Å². The fourth-order valence-corrected chi connectivity index (χ4v) is 5.80. The van der Waals surface area contributed by atoms with Crippen LogP contribution in [-0.2, 0) is 26.2 Å². The van der Waals surface area contributed by atoms with Gasteiger partial charge in [0.15, 0.2) is 0 Å². The molecule has 0 bridgehead atoms. The molecule has 1 aliphatic heterocycles. The van der Waals surface area contributed by atoms with E-state index in [-0.39, 0.29) is 61.0 Å². The van der Waals surface area contributed by atoms with E-state index in [9.17, 15) is 27.6 Å². The van der Waals surface area contributed by atoms with Gasteiger partial charge in [0.2, 0.25) is 11.8 Å². The first-order chi connectivity index (χ1) is 17.6. The van der Waals surface area contributed by atoms with Crippen molar-refractivity contribution in [3.8, 4) is 0 Å². The number of halogens is 2. The molecule has 1 saturated heterocycles. The monoisotopic (exact) mass is 557 g/mol. The van der Waals surface area contributed by atoms with Crippen LogP contribution in [-0.4, -0.2) is 28.8 Å². The first kappa shape index (κ1) is 24.9. The van der Waals surface area contributed by atoms with Crippen LogP contribution in [0.4, 0.5) is 5.69 Å². The van der Waals surface area contributed by atoms with Crippen LogP contribution in [0.15, 0.2) is 81.2 Å².